The van der Waals surface area contributed by atoms with Crippen LogP contribution in [-0.2, 0) is 0 Å². The Bertz CT molecular complexity index is 1530. The van der Waals surface area contributed by atoms with Crippen molar-refractivity contribution >= 4 is 80.0 Å². The molecule has 5 aromatic rings. The second-order valence-electron chi connectivity index (χ2n) is 8.34. The summed E-state index contributed by atoms with van der Waals surface area (Å²) in [7, 11) is 1.65. The van der Waals surface area contributed by atoms with E-state index >= 15 is 0 Å². The highest BCUT2D eigenvalue weighted by Crippen LogP contribution is 2.47. The molecule has 0 aliphatic rings. The second kappa shape index (κ2) is 11.1. The normalized spacial score (nSPS) is 11.0. The molecule has 0 amide bonds. The summed E-state index contributed by atoms with van der Waals surface area (Å²) in [6, 6.07) is 32.3. The Balaban J connectivity index is 1.93. The summed E-state index contributed by atoms with van der Waals surface area (Å²) >= 11 is 19.1. The average molecular weight is 559 g/mol. The minimum Gasteiger partial charge on any atom is -0.497 e. The van der Waals surface area contributed by atoms with Crippen LogP contribution < -0.4 is 14.2 Å². The summed E-state index contributed by atoms with van der Waals surface area (Å²) in [5, 5.41) is 4.19. The molecule has 0 N–H and O–H groups in total. The van der Waals surface area contributed by atoms with Gasteiger partial charge in [-0.15, -0.1) is 0 Å². The quantitative estimate of drug-likeness (QED) is 0.124. The third-order valence-electron chi connectivity index (χ3n) is 6.28. The van der Waals surface area contributed by atoms with Gasteiger partial charge in [0.1, 0.15) is 17.2 Å². The van der Waals surface area contributed by atoms with Gasteiger partial charge in [-0.05, 0) is 75.8 Å². The van der Waals surface area contributed by atoms with Crippen LogP contribution >= 0.6 is 49.7 Å². The average Bonchev–Trinajstić information content (AvgIpc) is 2.90. The topological polar surface area (TPSA) is 27.7 Å². The van der Waals surface area contributed by atoms with E-state index in [4.69, 9.17) is 38.6 Å². The van der Waals surface area contributed by atoms with Gasteiger partial charge in [-0.2, -0.15) is 0 Å². The molecule has 0 aliphatic heterocycles. The number of thiol groups is 2. The Morgan fingerprint density at radius 2 is 1.08 bits per heavy atom. The molecule has 0 unspecified atom stereocenters. The van der Waals surface area contributed by atoms with Gasteiger partial charge in [0.05, 0.1) is 7.11 Å². The van der Waals surface area contributed by atoms with E-state index < -0.39 is 0 Å². The molecule has 0 radical (unpaired) electrons. The van der Waals surface area contributed by atoms with Crippen molar-refractivity contribution in [3.8, 4) is 17.2 Å². The molecule has 0 saturated heterocycles. The lowest BCUT2D eigenvalue weighted by Gasteiger charge is -2.26. The van der Waals surface area contributed by atoms with Crippen molar-refractivity contribution in [3.05, 3.63) is 114 Å². The molecule has 0 aromatic heterocycles. The maximum Gasteiger partial charge on any atom is 0.222 e. The highest BCUT2D eigenvalue weighted by atomic mass is 32.1. The molecule has 0 atom stereocenters. The zero-order valence-corrected chi connectivity index (χ0v) is 23.2. The molecule has 0 saturated carbocycles. The SMILES string of the molecule is COc1ccc(C(c2c(OC(=S)S)ccc3ccccc23)c2c(OC(=S)S)ccc3ccccc23)cc1. The van der Waals surface area contributed by atoms with E-state index in [1.165, 1.54) is 0 Å². The monoisotopic (exact) mass is 558 g/mol. The standard InChI is InChI=1S/C30H22O3S4/c1-31-21-14-10-20(11-15-21)26(27-22-8-4-2-6-18(22)12-16-24(27)32-29(34)35)28-23-9-5-3-7-19(23)13-17-25(28)33-30(36)37/h2-17,26H,1H3,(H,34,35)(H,36,37). The fourth-order valence-corrected chi connectivity index (χ4v) is 5.16. The van der Waals surface area contributed by atoms with Crippen LogP contribution in [0.4, 0.5) is 0 Å². The Labute approximate surface area is 237 Å². The van der Waals surface area contributed by atoms with Gasteiger partial charge in [-0.1, -0.05) is 98.1 Å². The van der Waals surface area contributed by atoms with Crippen molar-refractivity contribution in [2.45, 2.75) is 5.92 Å². The van der Waals surface area contributed by atoms with Crippen LogP contribution in [0.2, 0.25) is 0 Å². The Morgan fingerprint density at radius 3 is 1.51 bits per heavy atom. The lowest BCUT2D eigenvalue weighted by atomic mass is 9.80. The number of thiocarbonyl (C=S) groups is 2. The smallest absolute Gasteiger partial charge is 0.222 e. The molecule has 5 aromatic carbocycles. The van der Waals surface area contributed by atoms with E-state index in [2.05, 4.69) is 61.7 Å². The molecular weight excluding hydrogens is 537 g/mol. The third-order valence-corrected chi connectivity index (χ3v) is 6.63. The summed E-state index contributed by atoms with van der Waals surface area (Å²) in [5.41, 5.74) is 2.88. The number of methoxy groups -OCH3 is 1. The van der Waals surface area contributed by atoms with Crippen molar-refractivity contribution in [3.63, 3.8) is 0 Å². The summed E-state index contributed by atoms with van der Waals surface area (Å²) < 4.78 is 17.8. The van der Waals surface area contributed by atoms with Crippen molar-refractivity contribution in [1.29, 1.82) is 0 Å². The lowest BCUT2D eigenvalue weighted by molar-refractivity contribution is 0.414. The molecule has 0 heterocycles. The van der Waals surface area contributed by atoms with Crippen molar-refractivity contribution < 1.29 is 14.2 Å². The Morgan fingerprint density at radius 1 is 0.622 bits per heavy atom. The van der Waals surface area contributed by atoms with E-state index in [-0.39, 0.29) is 14.7 Å². The van der Waals surface area contributed by atoms with Crippen LogP contribution in [0.25, 0.3) is 21.5 Å². The summed E-state index contributed by atoms with van der Waals surface area (Å²) in [6.45, 7) is 0. The van der Waals surface area contributed by atoms with Gasteiger partial charge < -0.3 is 14.2 Å². The maximum absolute atomic E-state index is 6.04. The summed E-state index contributed by atoms with van der Waals surface area (Å²) in [5.74, 6) is 1.68. The van der Waals surface area contributed by atoms with Gasteiger partial charge in [0.2, 0.25) is 8.77 Å². The lowest BCUT2D eigenvalue weighted by Crippen LogP contribution is -2.11. The summed E-state index contributed by atoms with van der Waals surface area (Å²) in [4.78, 5) is 0. The fourth-order valence-electron chi connectivity index (χ4n) is 4.79. The van der Waals surface area contributed by atoms with Crippen LogP contribution in [-0.4, -0.2) is 15.9 Å². The molecule has 5 rings (SSSR count). The van der Waals surface area contributed by atoms with Gasteiger partial charge in [0, 0.05) is 17.0 Å². The zero-order chi connectivity index (χ0) is 25.9. The van der Waals surface area contributed by atoms with Crippen molar-refractivity contribution in [2.24, 2.45) is 0 Å². The largest absolute Gasteiger partial charge is 0.497 e. The van der Waals surface area contributed by atoms with Crippen molar-refractivity contribution in [2.75, 3.05) is 7.11 Å². The number of hydrogen-bond acceptors (Lipinski definition) is 5. The first kappa shape index (κ1) is 25.5. The predicted octanol–water partition coefficient (Wildman–Crippen LogP) is 8.37. The number of rotatable bonds is 6. The molecule has 7 heteroatoms. The molecule has 0 bridgehead atoms. The molecular formula is C30H22O3S4. The van der Waals surface area contributed by atoms with E-state index in [1.807, 2.05) is 60.7 Å². The minimum absolute atomic E-state index is 0.135. The molecule has 37 heavy (non-hydrogen) atoms. The van der Waals surface area contributed by atoms with Gasteiger partial charge in [0.25, 0.3) is 0 Å². The van der Waals surface area contributed by atoms with Crippen molar-refractivity contribution in [1.82, 2.24) is 0 Å². The van der Waals surface area contributed by atoms with E-state index in [0.29, 0.717) is 11.5 Å². The van der Waals surface area contributed by atoms with Crippen LogP contribution in [0.1, 0.15) is 22.6 Å². The van der Waals surface area contributed by atoms with Crippen LogP contribution in [0.15, 0.2) is 97.1 Å². The first-order valence-corrected chi connectivity index (χ1v) is 13.2. The van der Waals surface area contributed by atoms with E-state index in [0.717, 1.165) is 44.0 Å². The highest BCUT2D eigenvalue weighted by molar-refractivity contribution is 8.10. The zero-order valence-electron chi connectivity index (χ0n) is 19.8. The molecule has 0 aliphatic carbocycles. The molecule has 0 spiro atoms. The predicted molar refractivity (Wildman–Crippen MR) is 166 cm³/mol. The van der Waals surface area contributed by atoms with E-state index in [9.17, 15) is 0 Å². The fraction of sp³-hybridized carbons (Fsp3) is 0.0667. The highest BCUT2D eigenvalue weighted by Gasteiger charge is 2.29. The molecule has 0 fully saturated rings. The van der Waals surface area contributed by atoms with Crippen LogP contribution in [0.5, 0.6) is 17.2 Å². The third kappa shape index (κ3) is 5.31. The minimum atomic E-state index is -0.321. The van der Waals surface area contributed by atoms with Gasteiger partial charge in [-0.25, -0.2) is 0 Å². The van der Waals surface area contributed by atoms with Crippen LogP contribution in [0.3, 0.4) is 0 Å². The number of ether oxygens (including phenoxy) is 3. The molecule has 184 valence electrons. The number of benzene rings is 5. The Kier molecular flexibility index (Phi) is 7.67. The van der Waals surface area contributed by atoms with Crippen LogP contribution in [0, 0.1) is 0 Å². The first-order chi connectivity index (χ1) is 18.0. The van der Waals surface area contributed by atoms with Gasteiger partial charge >= 0.3 is 0 Å². The van der Waals surface area contributed by atoms with Gasteiger partial charge in [0.15, 0.2) is 0 Å². The first-order valence-electron chi connectivity index (χ1n) is 11.4. The van der Waals surface area contributed by atoms with Gasteiger partial charge in [-0.3, -0.25) is 0 Å². The van der Waals surface area contributed by atoms with E-state index in [1.54, 1.807) is 7.11 Å². The Hall–Kier alpha value is -3.10. The number of hydrogen-bond donors (Lipinski definition) is 2. The maximum atomic E-state index is 6.04. The second-order valence-corrected chi connectivity index (χ2v) is 10.5. The summed E-state index contributed by atoms with van der Waals surface area (Å²) in [6.07, 6.45) is 0. The number of fused-ring (bicyclic) bond motifs is 2. The molecule has 3 nitrogen and oxygen atoms in total.